The lowest BCUT2D eigenvalue weighted by Crippen LogP contribution is -2.37. The van der Waals surface area contributed by atoms with E-state index in [1.165, 1.54) is 0 Å². The van der Waals surface area contributed by atoms with Crippen LogP contribution in [0, 0.1) is 11.7 Å². The minimum Gasteiger partial charge on any atom is -0.332 e. The number of halogens is 4. The maximum atomic E-state index is 14.4. The molecule has 170 valence electrons. The largest absolute Gasteiger partial charge is 0.417 e. The molecule has 2 aromatic heterocycles. The summed E-state index contributed by atoms with van der Waals surface area (Å²) in [7, 11) is 0. The van der Waals surface area contributed by atoms with Crippen LogP contribution in [0.15, 0.2) is 55.0 Å². The number of amides is 1. The number of nitrogens with zero attached hydrogens (tertiary/aromatic N) is 4. The van der Waals surface area contributed by atoms with Gasteiger partial charge in [0.05, 0.1) is 16.8 Å². The van der Waals surface area contributed by atoms with E-state index in [4.69, 9.17) is 0 Å². The third kappa shape index (κ3) is 3.96. The van der Waals surface area contributed by atoms with Gasteiger partial charge in [0.1, 0.15) is 5.82 Å². The van der Waals surface area contributed by atoms with E-state index in [2.05, 4.69) is 15.0 Å². The molecule has 33 heavy (non-hydrogen) atoms. The number of benzene rings is 1. The van der Waals surface area contributed by atoms with Crippen LogP contribution in [0.3, 0.4) is 0 Å². The SMILES string of the molecule is O=C(c1ccccc1-c1ncccn1)N1C2CCC1C(Cc1ncc(C(F)(F)F)cc1F)C2. The smallest absolute Gasteiger partial charge is 0.332 e. The molecule has 2 fully saturated rings. The van der Waals surface area contributed by atoms with Gasteiger partial charge in [-0.2, -0.15) is 13.2 Å². The van der Waals surface area contributed by atoms with Crippen LogP contribution in [0.1, 0.15) is 40.9 Å². The van der Waals surface area contributed by atoms with Crippen LogP contribution in [0.5, 0.6) is 0 Å². The monoisotopic (exact) mass is 456 g/mol. The minimum atomic E-state index is -4.64. The van der Waals surface area contributed by atoms with Crippen molar-refractivity contribution >= 4 is 5.91 Å². The van der Waals surface area contributed by atoms with Gasteiger partial charge in [0.2, 0.25) is 0 Å². The number of aromatic nitrogens is 3. The van der Waals surface area contributed by atoms with Crippen molar-refractivity contribution in [1.82, 2.24) is 19.9 Å². The summed E-state index contributed by atoms with van der Waals surface area (Å²) in [6.07, 6.45) is 1.74. The Kier molecular flexibility index (Phi) is 5.34. The van der Waals surface area contributed by atoms with E-state index in [9.17, 15) is 22.4 Å². The van der Waals surface area contributed by atoms with Crippen molar-refractivity contribution in [2.45, 2.75) is 43.9 Å². The molecule has 5 rings (SSSR count). The zero-order valence-corrected chi connectivity index (χ0v) is 17.5. The second-order valence-corrected chi connectivity index (χ2v) is 8.48. The first-order valence-corrected chi connectivity index (χ1v) is 10.7. The fourth-order valence-electron chi connectivity index (χ4n) is 5.11. The number of carbonyl (C=O) groups is 1. The molecule has 3 aromatic rings. The normalized spacial score (nSPS) is 22.1. The number of pyridine rings is 1. The second-order valence-electron chi connectivity index (χ2n) is 8.48. The van der Waals surface area contributed by atoms with Gasteiger partial charge in [-0.1, -0.05) is 18.2 Å². The van der Waals surface area contributed by atoms with Gasteiger partial charge >= 0.3 is 6.18 Å². The van der Waals surface area contributed by atoms with Crippen molar-refractivity contribution in [3.63, 3.8) is 0 Å². The lowest BCUT2D eigenvalue weighted by molar-refractivity contribution is -0.138. The van der Waals surface area contributed by atoms with E-state index < -0.39 is 17.6 Å². The molecule has 4 heterocycles. The predicted octanol–water partition coefficient (Wildman–Crippen LogP) is 4.93. The topological polar surface area (TPSA) is 59.0 Å². The molecule has 2 aliphatic rings. The quantitative estimate of drug-likeness (QED) is 0.523. The van der Waals surface area contributed by atoms with Crippen LogP contribution < -0.4 is 0 Å². The highest BCUT2D eigenvalue weighted by Gasteiger charge is 2.49. The lowest BCUT2D eigenvalue weighted by atomic mass is 9.85. The number of alkyl halides is 3. The molecule has 0 aliphatic carbocycles. The summed E-state index contributed by atoms with van der Waals surface area (Å²) < 4.78 is 52.9. The number of hydrogen-bond acceptors (Lipinski definition) is 4. The molecule has 0 spiro atoms. The summed E-state index contributed by atoms with van der Waals surface area (Å²) in [5, 5.41) is 0. The average molecular weight is 456 g/mol. The van der Waals surface area contributed by atoms with E-state index in [0.29, 0.717) is 35.6 Å². The van der Waals surface area contributed by atoms with Crippen LogP contribution in [0.2, 0.25) is 0 Å². The summed E-state index contributed by atoms with van der Waals surface area (Å²) in [5.74, 6) is -0.696. The standard InChI is InChI=1S/C24H20F4N4O/c25-19-12-15(24(26,27)28)13-31-20(19)11-14-10-16-6-7-21(14)32(16)23(33)18-5-2-1-4-17(18)22-29-8-3-9-30-22/h1-5,8-9,12-14,16,21H,6-7,10-11H2. The molecule has 5 nitrogen and oxygen atoms in total. The van der Waals surface area contributed by atoms with E-state index >= 15 is 0 Å². The van der Waals surface area contributed by atoms with Gasteiger partial charge in [0.15, 0.2) is 5.82 Å². The lowest BCUT2D eigenvalue weighted by Gasteiger charge is -2.25. The fraction of sp³-hybridized carbons (Fsp3) is 0.333. The Hall–Kier alpha value is -3.36. The predicted molar refractivity (Wildman–Crippen MR) is 111 cm³/mol. The Balaban J connectivity index is 1.38. The van der Waals surface area contributed by atoms with Gasteiger partial charge in [-0.15, -0.1) is 0 Å². The number of fused-ring (bicyclic) bond motifs is 2. The van der Waals surface area contributed by atoms with E-state index in [0.717, 1.165) is 12.8 Å². The third-order valence-corrected chi connectivity index (χ3v) is 6.56. The number of carbonyl (C=O) groups excluding carboxylic acids is 1. The molecule has 9 heteroatoms. The molecule has 1 aromatic carbocycles. The van der Waals surface area contributed by atoms with Gasteiger partial charge in [-0.3, -0.25) is 9.78 Å². The Morgan fingerprint density at radius 1 is 1.06 bits per heavy atom. The fourth-order valence-corrected chi connectivity index (χ4v) is 5.11. The molecule has 2 aliphatic heterocycles. The summed E-state index contributed by atoms with van der Waals surface area (Å²) >= 11 is 0. The Labute approximate surface area is 187 Å². The van der Waals surface area contributed by atoms with Gasteiger partial charge in [0.25, 0.3) is 5.91 Å². The van der Waals surface area contributed by atoms with Gasteiger partial charge < -0.3 is 4.90 Å². The maximum absolute atomic E-state index is 14.4. The van der Waals surface area contributed by atoms with Crippen LogP contribution >= 0.6 is 0 Å². The van der Waals surface area contributed by atoms with Crippen molar-refractivity contribution in [1.29, 1.82) is 0 Å². The van der Waals surface area contributed by atoms with Gasteiger partial charge in [-0.05, 0) is 49.8 Å². The second kappa shape index (κ2) is 8.20. The maximum Gasteiger partial charge on any atom is 0.417 e. The molecule has 1 amide bonds. The summed E-state index contributed by atoms with van der Waals surface area (Å²) in [6.45, 7) is 0. The van der Waals surface area contributed by atoms with Crippen molar-refractivity contribution in [2.75, 3.05) is 0 Å². The minimum absolute atomic E-state index is 0.00559. The first-order valence-electron chi connectivity index (χ1n) is 10.7. The Morgan fingerprint density at radius 3 is 2.55 bits per heavy atom. The van der Waals surface area contributed by atoms with E-state index in [-0.39, 0.29) is 36.0 Å². The molecule has 0 N–H and O–H groups in total. The molecule has 3 atom stereocenters. The molecule has 2 saturated heterocycles. The zero-order valence-electron chi connectivity index (χ0n) is 17.5. The molecule has 0 saturated carbocycles. The van der Waals surface area contributed by atoms with Crippen molar-refractivity contribution < 1.29 is 22.4 Å². The molecule has 0 radical (unpaired) electrons. The van der Waals surface area contributed by atoms with E-state index in [1.807, 2.05) is 11.0 Å². The van der Waals surface area contributed by atoms with Crippen LogP contribution in [-0.2, 0) is 12.6 Å². The first-order chi connectivity index (χ1) is 15.8. The zero-order chi connectivity index (χ0) is 23.2. The molecule has 2 bridgehead atoms. The average Bonchev–Trinajstić information content (AvgIpc) is 3.37. The first kappa shape index (κ1) is 21.5. The highest BCUT2D eigenvalue weighted by Crippen LogP contribution is 2.44. The van der Waals surface area contributed by atoms with Crippen molar-refractivity contribution in [3.8, 4) is 11.4 Å². The van der Waals surface area contributed by atoms with Crippen LogP contribution in [0.4, 0.5) is 17.6 Å². The number of rotatable bonds is 4. The Morgan fingerprint density at radius 2 is 1.82 bits per heavy atom. The highest BCUT2D eigenvalue weighted by molar-refractivity contribution is 6.00. The highest BCUT2D eigenvalue weighted by atomic mass is 19.4. The third-order valence-electron chi connectivity index (χ3n) is 6.56. The van der Waals surface area contributed by atoms with Gasteiger partial charge in [-0.25, -0.2) is 14.4 Å². The summed E-state index contributed by atoms with van der Waals surface area (Å²) in [5.41, 5.74) is 0.0424. The molecular weight excluding hydrogens is 436 g/mol. The summed E-state index contributed by atoms with van der Waals surface area (Å²) in [6, 6.07) is 9.25. The van der Waals surface area contributed by atoms with Crippen LogP contribution in [0.25, 0.3) is 11.4 Å². The van der Waals surface area contributed by atoms with Gasteiger partial charge in [0, 0.05) is 36.2 Å². The molecule has 3 unspecified atom stereocenters. The van der Waals surface area contributed by atoms with Crippen molar-refractivity contribution in [2.24, 2.45) is 5.92 Å². The Bertz CT molecular complexity index is 1180. The van der Waals surface area contributed by atoms with Crippen molar-refractivity contribution in [3.05, 3.63) is 77.6 Å². The number of hydrogen-bond donors (Lipinski definition) is 0. The molecular formula is C24H20F4N4O. The van der Waals surface area contributed by atoms with Crippen LogP contribution in [-0.4, -0.2) is 37.8 Å². The van der Waals surface area contributed by atoms with E-state index in [1.54, 1.807) is 36.7 Å². The summed E-state index contributed by atoms with van der Waals surface area (Å²) in [4.78, 5) is 27.7.